The highest BCUT2D eigenvalue weighted by Crippen LogP contribution is 2.50. The van der Waals surface area contributed by atoms with E-state index in [0.29, 0.717) is 62.2 Å². The van der Waals surface area contributed by atoms with E-state index >= 15 is 0 Å². The van der Waals surface area contributed by atoms with Gasteiger partial charge in [-0.3, -0.25) is 15.1 Å². The van der Waals surface area contributed by atoms with E-state index in [1.807, 2.05) is 23.7 Å². The fourth-order valence-corrected chi connectivity index (χ4v) is 9.38. The molecule has 2 saturated carbocycles. The first-order valence-corrected chi connectivity index (χ1v) is 26.7. The van der Waals surface area contributed by atoms with E-state index in [1.54, 1.807) is 19.2 Å². The maximum Gasteiger partial charge on any atom is 0.322 e. The Morgan fingerprint density at radius 3 is 2.15 bits per heavy atom. The van der Waals surface area contributed by atoms with Gasteiger partial charge in [-0.1, -0.05) is 64.8 Å². The largest absolute Gasteiger partial charge is 0.494 e. The number of pyridine rings is 1. The summed E-state index contributed by atoms with van der Waals surface area (Å²) in [7, 11) is -2.64. The predicted molar refractivity (Wildman–Crippen MR) is 214 cm³/mol. The topological polar surface area (TPSA) is 132 Å². The predicted octanol–water partition coefficient (Wildman–Crippen LogP) is 7.58. The number of carbonyl (C=O) groups excluding carboxylic acids is 2. The molecule has 288 valence electrons. The molecule has 2 unspecified atom stereocenters. The van der Waals surface area contributed by atoms with Gasteiger partial charge in [0.2, 0.25) is 0 Å². The summed E-state index contributed by atoms with van der Waals surface area (Å²) in [5, 5.41) is 10.0. The highest BCUT2D eigenvalue weighted by atomic mass is 28.3. The summed E-state index contributed by atoms with van der Waals surface area (Å²) in [6, 6.07) is 5.26. The van der Waals surface area contributed by atoms with Gasteiger partial charge in [0.15, 0.2) is 11.2 Å². The number of hydrogen-bond acceptors (Lipinski definition) is 9. The average molecular weight is 762 g/mol. The Morgan fingerprint density at radius 2 is 1.62 bits per heavy atom. The quantitative estimate of drug-likeness (QED) is 0.0470. The summed E-state index contributed by atoms with van der Waals surface area (Å²) in [6.45, 7) is 24.7. The van der Waals surface area contributed by atoms with Gasteiger partial charge in [-0.05, 0) is 63.1 Å². The number of imide groups is 1. The van der Waals surface area contributed by atoms with Crippen LogP contribution in [0.25, 0.3) is 22.5 Å². The molecule has 3 aromatic heterocycles. The van der Waals surface area contributed by atoms with Gasteiger partial charge in [0.1, 0.15) is 25.0 Å². The fraction of sp³-hybridized carbons (Fsp3) is 0.615. The molecule has 1 aliphatic heterocycles. The van der Waals surface area contributed by atoms with Gasteiger partial charge in [-0.2, -0.15) is 9.61 Å². The molecule has 2 aliphatic carbocycles. The zero-order valence-electron chi connectivity index (χ0n) is 33.0. The summed E-state index contributed by atoms with van der Waals surface area (Å²) in [4.78, 5) is 36.9. The van der Waals surface area contributed by atoms with Crippen molar-refractivity contribution in [3.8, 4) is 11.1 Å². The van der Waals surface area contributed by atoms with Gasteiger partial charge in [-0.15, -0.1) is 0 Å². The van der Waals surface area contributed by atoms with Crippen LogP contribution < -0.4 is 15.5 Å². The van der Waals surface area contributed by atoms with Crippen LogP contribution in [0, 0.1) is 11.8 Å². The molecule has 2 N–H and O–H groups in total. The first kappa shape index (κ1) is 39.1. The Kier molecular flexibility index (Phi) is 11.5. The minimum atomic E-state index is -1.32. The first-order chi connectivity index (χ1) is 25.1. The Bertz CT molecular complexity index is 1790. The molecule has 3 amide bonds. The monoisotopic (exact) mass is 761 g/mol. The van der Waals surface area contributed by atoms with Gasteiger partial charge >= 0.3 is 6.03 Å². The smallest absolute Gasteiger partial charge is 0.322 e. The van der Waals surface area contributed by atoms with E-state index in [0.717, 1.165) is 53.1 Å². The SMILES string of the molecule is C=C(OCC)c1c(C2C[C@H]3CC[C@@H](C2)C3)nc2c(-c3ccc(C4(C)NC(=O)NC4=O)nc3)cnn2c1N(COCC[Si](C)(C)C)COCC[Si](C)(C)C. The normalized spacial score (nSPS) is 23.0. The molecule has 2 bridgehead atoms. The molecule has 1 saturated heterocycles. The van der Waals surface area contributed by atoms with Crippen LogP contribution in [0.3, 0.4) is 0 Å². The summed E-state index contributed by atoms with van der Waals surface area (Å²) < 4.78 is 21.1. The maximum atomic E-state index is 12.7. The van der Waals surface area contributed by atoms with Gasteiger partial charge in [0, 0.05) is 52.6 Å². The van der Waals surface area contributed by atoms with Crippen molar-refractivity contribution in [3.63, 3.8) is 0 Å². The molecule has 0 radical (unpaired) electrons. The van der Waals surface area contributed by atoms with E-state index in [-0.39, 0.29) is 5.92 Å². The highest BCUT2D eigenvalue weighted by molar-refractivity contribution is 6.76. The van der Waals surface area contributed by atoms with E-state index in [4.69, 9.17) is 24.3 Å². The molecule has 0 spiro atoms. The number of nitrogens with zero attached hydrogens (tertiary/aromatic N) is 5. The number of carbonyl (C=O) groups is 2. The van der Waals surface area contributed by atoms with Crippen LogP contribution in [0.2, 0.25) is 51.4 Å². The zero-order chi connectivity index (χ0) is 38.1. The zero-order valence-corrected chi connectivity index (χ0v) is 35.0. The summed E-state index contributed by atoms with van der Waals surface area (Å²) in [5.41, 5.74) is 3.35. The van der Waals surface area contributed by atoms with Crippen LogP contribution in [-0.4, -0.2) is 81.0 Å². The maximum absolute atomic E-state index is 12.7. The van der Waals surface area contributed by atoms with Crippen molar-refractivity contribution in [3.05, 3.63) is 48.1 Å². The van der Waals surface area contributed by atoms with Crippen LogP contribution in [0.4, 0.5) is 10.6 Å². The molecule has 14 heteroatoms. The van der Waals surface area contributed by atoms with E-state index in [2.05, 4.69) is 66.4 Å². The lowest BCUT2D eigenvalue weighted by Gasteiger charge is -2.33. The Balaban J connectivity index is 1.48. The second-order valence-corrected chi connectivity index (χ2v) is 29.0. The van der Waals surface area contributed by atoms with Crippen molar-refractivity contribution in [1.29, 1.82) is 0 Å². The minimum Gasteiger partial charge on any atom is -0.494 e. The number of hydrogen-bond donors (Lipinski definition) is 2. The van der Waals surface area contributed by atoms with E-state index in [9.17, 15) is 9.59 Å². The van der Waals surface area contributed by atoms with Crippen LogP contribution in [0.5, 0.6) is 0 Å². The number of amides is 3. The second-order valence-electron chi connectivity index (χ2n) is 17.8. The van der Waals surface area contributed by atoms with Crippen LogP contribution in [-0.2, 0) is 24.5 Å². The van der Waals surface area contributed by atoms with Crippen molar-refractivity contribution in [1.82, 2.24) is 30.2 Å². The molecule has 6 rings (SSSR count). The van der Waals surface area contributed by atoms with Crippen molar-refractivity contribution in [2.75, 3.05) is 38.2 Å². The van der Waals surface area contributed by atoms with Gasteiger partial charge < -0.3 is 24.4 Å². The van der Waals surface area contributed by atoms with E-state index in [1.165, 1.54) is 19.3 Å². The molecule has 4 heterocycles. The third-order valence-corrected chi connectivity index (χ3v) is 14.3. The van der Waals surface area contributed by atoms with Crippen LogP contribution >= 0.6 is 0 Å². The second kappa shape index (κ2) is 15.6. The van der Waals surface area contributed by atoms with Crippen LogP contribution in [0.1, 0.15) is 68.8 Å². The Morgan fingerprint density at radius 1 is 0.981 bits per heavy atom. The standard InChI is InChI=1S/C39H59N7O5Si2/c1-10-51-26(2)33-34(30-20-27-11-12-28(19-27)21-30)42-35-31(29-13-14-32(40-22-29)39(3)37(47)43-38(48)44-39)23-41-46(35)36(33)45(24-49-15-17-52(4,5)6)25-50-16-18-53(7,8)9/h13-14,22-23,27-28,30H,2,10-12,15-21,24-25H2,1,3-9H3,(H2,43,44,47,48)/t27-,28+,30?,39?. The summed E-state index contributed by atoms with van der Waals surface area (Å²) >= 11 is 0. The van der Waals surface area contributed by atoms with Crippen molar-refractivity contribution in [2.24, 2.45) is 11.8 Å². The molecular weight excluding hydrogens is 703 g/mol. The Labute approximate surface area is 316 Å². The molecular formula is C39H59N7O5Si2. The Hall–Kier alpha value is -3.60. The van der Waals surface area contributed by atoms with Gasteiger partial charge in [0.25, 0.3) is 5.91 Å². The van der Waals surface area contributed by atoms with Gasteiger partial charge in [0.05, 0.1) is 29.8 Å². The van der Waals surface area contributed by atoms with E-state index < -0.39 is 33.6 Å². The van der Waals surface area contributed by atoms with Crippen molar-refractivity contribution in [2.45, 2.75) is 109 Å². The number of fused-ring (bicyclic) bond motifs is 3. The lowest BCUT2D eigenvalue weighted by atomic mass is 9.78. The lowest BCUT2D eigenvalue weighted by Crippen LogP contribution is -2.41. The molecule has 3 fully saturated rings. The van der Waals surface area contributed by atoms with Crippen molar-refractivity contribution >= 4 is 45.3 Å². The lowest BCUT2D eigenvalue weighted by molar-refractivity contribution is -0.123. The molecule has 12 nitrogen and oxygen atoms in total. The first-order valence-electron chi connectivity index (χ1n) is 19.3. The van der Waals surface area contributed by atoms with Gasteiger partial charge in [-0.25, -0.2) is 9.78 Å². The number of rotatable bonds is 17. The molecule has 3 aliphatic rings. The number of nitrogens with one attached hydrogen (secondary N) is 2. The minimum absolute atomic E-state index is 0.243. The average Bonchev–Trinajstić information content (AvgIpc) is 3.75. The highest BCUT2D eigenvalue weighted by Gasteiger charge is 2.45. The molecule has 3 aromatic rings. The number of anilines is 1. The summed E-state index contributed by atoms with van der Waals surface area (Å²) in [6.07, 6.45) is 9.55. The third-order valence-electron chi connectivity index (χ3n) is 10.9. The molecule has 4 atom stereocenters. The fourth-order valence-electron chi connectivity index (χ4n) is 7.87. The number of ether oxygens (including phenoxy) is 3. The molecule has 0 aromatic carbocycles. The number of urea groups is 1. The summed E-state index contributed by atoms with van der Waals surface area (Å²) in [5.74, 6) is 2.57. The molecule has 53 heavy (non-hydrogen) atoms. The number of aromatic nitrogens is 4. The van der Waals surface area contributed by atoms with Crippen LogP contribution in [0.15, 0.2) is 31.1 Å². The third kappa shape index (κ3) is 8.87. The van der Waals surface area contributed by atoms with Crippen molar-refractivity contribution < 1.29 is 23.8 Å².